The first kappa shape index (κ1) is 16.0. The molecular formula is C17H22N2O4. The van der Waals surface area contributed by atoms with Gasteiger partial charge in [-0.1, -0.05) is 12.1 Å². The van der Waals surface area contributed by atoms with E-state index in [1.165, 1.54) is 0 Å². The maximum Gasteiger partial charge on any atom is 0.254 e. The van der Waals surface area contributed by atoms with Gasteiger partial charge in [-0.15, -0.1) is 0 Å². The summed E-state index contributed by atoms with van der Waals surface area (Å²) in [5.41, 5.74) is 1.62. The molecule has 0 aromatic heterocycles. The Labute approximate surface area is 135 Å². The topological polar surface area (TPSA) is 71.2 Å². The van der Waals surface area contributed by atoms with Crippen molar-refractivity contribution in [2.24, 2.45) is 0 Å². The third kappa shape index (κ3) is 4.09. The molecule has 2 amide bonds. The number of hydrogen-bond donors (Lipinski definition) is 1. The lowest BCUT2D eigenvalue weighted by Crippen LogP contribution is -2.48. The minimum absolute atomic E-state index is 0.0222. The molecular weight excluding hydrogens is 296 g/mol. The van der Waals surface area contributed by atoms with Crippen LogP contribution in [0.4, 0.5) is 0 Å². The monoisotopic (exact) mass is 318 g/mol. The summed E-state index contributed by atoms with van der Waals surface area (Å²) in [6.45, 7) is 6.13. The predicted octanol–water partition coefficient (Wildman–Crippen LogP) is 0.951. The number of carbonyl (C=O) groups excluding carboxylic acids is 2. The summed E-state index contributed by atoms with van der Waals surface area (Å²) >= 11 is 0. The number of amides is 2. The normalized spacial score (nSPS) is 26.7. The molecule has 0 aliphatic carbocycles. The number of nitrogens with one attached hydrogen (secondary N) is 1. The van der Waals surface area contributed by atoms with E-state index in [1.807, 2.05) is 43.0 Å². The molecule has 1 aromatic rings. The van der Waals surface area contributed by atoms with Crippen molar-refractivity contribution in [1.29, 1.82) is 0 Å². The Morgan fingerprint density at radius 1 is 1.17 bits per heavy atom. The quantitative estimate of drug-likeness (QED) is 0.839. The number of ether oxygens (including phenoxy) is 2. The Kier molecular flexibility index (Phi) is 4.63. The first-order valence-corrected chi connectivity index (χ1v) is 7.96. The Morgan fingerprint density at radius 2 is 1.78 bits per heavy atom. The van der Waals surface area contributed by atoms with Crippen LogP contribution < -0.4 is 5.32 Å². The van der Waals surface area contributed by atoms with Crippen LogP contribution in [0.25, 0.3) is 0 Å². The van der Waals surface area contributed by atoms with Gasteiger partial charge in [-0.3, -0.25) is 9.59 Å². The third-order valence-electron chi connectivity index (χ3n) is 4.00. The molecule has 0 saturated carbocycles. The second kappa shape index (κ2) is 6.68. The second-order valence-electron chi connectivity index (χ2n) is 6.20. The van der Waals surface area contributed by atoms with Crippen LogP contribution in [-0.4, -0.2) is 54.7 Å². The molecule has 3 rings (SSSR count). The summed E-state index contributed by atoms with van der Waals surface area (Å²) in [5, 5.41) is 2.81. The lowest BCUT2D eigenvalue weighted by atomic mass is 10.1. The zero-order valence-electron chi connectivity index (χ0n) is 13.5. The predicted molar refractivity (Wildman–Crippen MR) is 83.9 cm³/mol. The van der Waals surface area contributed by atoms with E-state index in [0.717, 1.165) is 5.56 Å². The number of rotatable bonds is 4. The Bertz CT molecular complexity index is 573. The molecule has 6 heteroatoms. The summed E-state index contributed by atoms with van der Waals surface area (Å²) in [4.78, 5) is 25.9. The largest absolute Gasteiger partial charge is 0.372 e. The number of nitrogens with zero attached hydrogens (tertiary/aromatic N) is 1. The Balaban J connectivity index is 1.57. The fraction of sp³-hybridized carbons (Fsp3) is 0.529. The number of carbonyl (C=O) groups is 2. The summed E-state index contributed by atoms with van der Waals surface area (Å²) in [7, 11) is 0. The molecule has 6 nitrogen and oxygen atoms in total. The summed E-state index contributed by atoms with van der Waals surface area (Å²) in [5.74, 6) is -0.0598. The van der Waals surface area contributed by atoms with E-state index in [-0.39, 0.29) is 30.1 Å². The van der Waals surface area contributed by atoms with E-state index < -0.39 is 0 Å². The van der Waals surface area contributed by atoms with Crippen molar-refractivity contribution in [3.63, 3.8) is 0 Å². The lowest BCUT2D eigenvalue weighted by molar-refractivity contribution is -0.122. The molecule has 1 aromatic carbocycles. The molecule has 0 spiro atoms. The van der Waals surface area contributed by atoms with Gasteiger partial charge in [-0.2, -0.15) is 0 Å². The van der Waals surface area contributed by atoms with E-state index in [2.05, 4.69) is 5.32 Å². The molecule has 23 heavy (non-hydrogen) atoms. The van der Waals surface area contributed by atoms with Gasteiger partial charge in [0.15, 0.2) is 6.10 Å². The van der Waals surface area contributed by atoms with E-state index in [0.29, 0.717) is 31.8 Å². The number of hydrogen-bond acceptors (Lipinski definition) is 4. The van der Waals surface area contributed by atoms with Gasteiger partial charge in [0, 0.05) is 25.2 Å². The van der Waals surface area contributed by atoms with Crippen LogP contribution in [0, 0.1) is 0 Å². The maximum atomic E-state index is 12.5. The van der Waals surface area contributed by atoms with Gasteiger partial charge in [0.05, 0.1) is 18.8 Å². The summed E-state index contributed by atoms with van der Waals surface area (Å²) in [6.07, 6.45) is -0.162. The maximum absolute atomic E-state index is 12.5. The Hall–Kier alpha value is -1.92. The van der Waals surface area contributed by atoms with Gasteiger partial charge in [-0.05, 0) is 31.5 Å². The SMILES string of the molecule is CC1CN(C(=O)c2ccc(CNC(=O)C3CO3)cc2)CC(C)O1. The van der Waals surface area contributed by atoms with Crippen molar-refractivity contribution < 1.29 is 19.1 Å². The van der Waals surface area contributed by atoms with Gasteiger partial charge in [0.2, 0.25) is 0 Å². The number of benzene rings is 1. The van der Waals surface area contributed by atoms with Gasteiger partial charge < -0.3 is 19.7 Å². The highest BCUT2D eigenvalue weighted by Gasteiger charge is 2.30. The van der Waals surface area contributed by atoms with Crippen LogP contribution in [0.1, 0.15) is 29.8 Å². The van der Waals surface area contributed by atoms with E-state index >= 15 is 0 Å². The molecule has 2 heterocycles. The van der Waals surface area contributed by atoms with Gasteiger partial charge in [0.1, 0.15) is 0 Å². The molecule has 3 unspecified atom stereocenters. The fourth-order valence-electron chi connectivity index (χ4n) is 2.79. The van der Waals surface area contributed by atoms with E-state index in [4.69, 9.17) is 9.47 Å². The minimum atomic E-state index is -0.277. The van der Waals surface area contributed by atoms with Gasteiger partial charge in [0.25, 0.3) is 11.8 Å². The van der Waals surface area contributed by atoms with Crippen LogP contribution in [-0.2, 0) is 20.8 Å². The minimum Gasteiger partial charge on any atom is -0.372 e. The summed E-state index contributed by atoms with van der Waals surface area (Å²) < 4.78 is 10.6. The van der Waals surface area contributed by atoms with Gasteiger partial charge in [-0.25, -0.2) is 0 Å². The van der Waals surface area contributed by atoms with Crippen molar-refractivity contribution in [2.45, 2.75) is 38.7 Å². The highest BCUT2D eigenvalue weighted by molar-refractivity contribution is 5.94. The standard InChI is InChI=1S/C17H22N2O4/c1-11-8-19(9-12(2)23-11)17(21)14-5-3-13(4-6-14)7-18-16(20)15-10-22-15/h3-6,11-12,15H,7-10H2,1-2H3,(H,18,20). The van der Waals surface area contributed by atoms with Crippen LogP contribution in [0.2, 0.25) is 0 Å². The molecule has 2 aliphatic rings. The molecule has 1 N–H and O–H groups in total. The zero-order valence-corrected chi connectivity index (χ0v) is 13.5. The first-order chi connectivity index (χ1) is 11.0. The molecule has 2 saturated heterocycles. The van der Waals surface area contributed by atoms with Crippen molar-refractivity contribution in [3.8, 4) is 0 Å². The van der Waals surface area contributed by atoms with Crippen LogP contribution >= 0.6 is 0 Å². The van der Waals surface area contributed by atoms with E-state index in [1.54, 1.807) is 0 Å². The third-order valence-corrected chi connectivity index (χ3v) is 4.00. The van der Waals surface area contributed by atoms with Crippen molar-refractivity contribution >= 4 is 11.8 Å². The zero-order chi connectivity index (χ0) is 16.4. The lowest BCUT2D eigenvalue weighted by Gasteiger charge is -2.35. The number of morpholine rings is 1. The first-order valence-electron chi connectivity index (χ1n) is 7.96. The molecule has 2 fully saturated rings. The molecule has 0 bridgehead atoms. The second-order valence-corrected chi connectivity index (χ2v) is 6.20. The molecule has 124 valence electrons. The van der Waals surface area contributed by atoms with Crippen LogP contribution in [0.5, 0.6) is 0 Å². The van der Waals surface area contributed by atoms with Crippen LogP contribution in [0.15, 0.2) is 24.3 Å². The van der Waals surface area contributed by atoms with Crippen molar-refractivity contribution in [1.82, 2.24) is 10.2 Å². The molecule has 3 atom stereocenters. The Morgan fingerprint density at radius 3 is 2.35 bits per heavy atom. The highest BCUT2D eigenvalue weighted by atomic mass is 16.6. The average Bonchev–Trinajstić information content (AvgIpc) is 3.36. The van der Waals surface area contributed by atoms with Gasteiger partial charge >= 0.3 is 0 Å². The smallest absolute Gasteiger partial charge is 0.254 e. The highest BCUT2D eigenvalue weighted by Crippen LogP contribution is 2.15. The fourth-order valence-corrected chi connectivity index (χ4v) is 2.79. The summed E-state index contributed by atoms with van der Waals surface area (Å²) in [6, 6.07) is 7.35. The van der Waals surface area contributed by atoms with Crippen molar-refractivity contribution in [2.75, 3.05) is 19.7 Å². The molecule has 2 aliphatic heterocycles. The van der Waals surface area contributed by atoms with E-state index in [9.17, 15) is 9.59 Å². The number of epoxide rings is 1. The van der Waals surface area contributed by atoms with Crippen LogP contribution in [0.3, 0.4) is 0 Å². The molecule has 0 radical (unpaired) electrons. The van der Waals surface area contributed by atoms with Crippen molar-refractivity contribution in [3.05, 3.63) is 35.4 Å². The average molecular weight is 318 g/mol.